The first-order chi connectivity index (χ1) is 8.40. The van der Waals surface area contributed by atoms with Crippen molar-refractivity contribution < 1.29 is 13.6 Å². The lowest BCUT2D eigenvalue weighted by Gasteiger charge is -2.10. The molecule has 6 heteroatoms. The minimum atomic E-state index is -0.729. The van der Waals surface area contributed by atoms with E-state index in [1.165, 1.54) is 6.07 Å². The summed E-state index contributed by atoms with van der Waals surface area (Å²) in [6.45, 7) is 4.47. The largest absolute Gasteiger partial charge is 0.374 e. The van der Waals surface area contributed by atoms with Gasteiger partial charge in [0.15, 0.2) is 0 Å². The molecular formula is C12H15BrF2N2O. The minimum Gasteiger partial charge on any atom is -0.374 e. The number of carbonyl (C=O) groups excluding carboxylic acids is 1. The van der Waals surface area contributed by atoms with E-state index in [9.17, 15) is 13.6 Å². The lowest BCUT2D eigenvalue weighted by Crippen LogP contribution is -2.32. The molecule has 0 fully saturated rings. The molecule has 0 saturated heterocycles. The first-order valence-corrected chi connectivity index (χ1v) is 6.34. The van der Waals surface area contributed by atoms with Crippen molar-refractivity contribution in [3.05, 3.63) is 28.2 Å². The summed E-state index contributed by atoms with van der Waals surface area (Å²) in [4.78, 5) is 11.4. The van der Waals surface area contributed by atoms with Crippen LogP contribution in [0, 0.1) is 17.6 Å². The number of hydrogen-bond acceptors (Lipinski definition) is 2. The Morgan fingerprint density at radius 3 is 2.61 bits per heavy atom. The molecule has 0 saturated carbocycles. The highest BCUT2D eigenvalue weighted by Gasteiger charge is 2.09. The summed E-state index contributed by atoms with van der Waals surface area (Å²) >= 11 is 2.95. The number of benzene rings is 1. The SMILES string of the molecule is CC(C)CNC(=O)CNc1cc(Br)c(F)cc1F. The highest BCUT2D eigenvalue weighted by molar-refractivity contribution is 9.10. The standard InChI is InChI=1S/C12H15BrF2N2O/c1-7(2)5-17-12(18)6-16-11-3-8(13)9(14)4-10(11)15/h3-4,7,16H,5-6H2,1-2H3,(H,17,18). The monoisotopic (exact) mass is 320 g/mol. The Morgan fingerprint density at radius 2 is 2.00 bits per heavy atom. The smallest absolute Gasteiger partial charge is 0.239 e. The van der Waals surface area contributed by atoms with Gasteiger partial charge in [0, 0.05) is 12.6 Å². The summed E-state index contributed by atoms with van der Waals surface area (Å²) < 4.78 is 26.5. The maximum atomic E-state index is 13.3. The van der Waals surface area contributed by atoms with E-state index in [2.05, 4.69) is 26.6 Å². The second kappa shape index (κ2) is 6.68. The molecule has 3 nitrogen and oxygen atoms in total. The highest BCUT2D eigenvalue weighted by Crippen LogP contribution is 2.23. The number of carbonyl (C=O) groups is 1. The van der Waals surface area contributed by atoms with E-state index in [-0.39, 0.29) is 22.6 Å². The van der Waals surface area contributed by atoms with E-state index in [0.29, 0.717) is 12.5 Å². The van der Waals surface area contributed by atoms with Crippen LogP contribution in [0.4, 0.5) is 14.5 Å². The van der Waals surface area contributed by atoms with Crippen molar-refractivity contribution in [2.45, 2.75) is 13.8 Å². The zero-order valence-electron chi connectivity index (χ0n) is 10.2. The molecule has 0 radical (unpaired) electrons. The quantitative estimate of drug-likeness (QED) is 0.819. The molecular weight excluding hydrogens is 306 g/mol. The fraction of sp³-hybridized carbons (Fsp3) is 0.417. The number of rotatable bonds is 5. The van der Waals surface area contributed by atoms with Crippen molar-refractivity contribution in [3.8, 4) is 0 Å². The lowest BCUT2D eigenvalue weighted by molar-refractivity contribution is -0.119. The Balaban J connectivity index is 2.53. The van der Waals surface area contributed by atoms with Gasteiger partial charge in [-0.1, -0.05) is 13.8 Å². The third kappa shape index (κ3) is 4.60. The predicted octanol–water partition coefficient (Wildman–Crippen LogP) is 2.91. The van der Waals surface area contributed by atoms with Crippen LogP contribution in [-0.2, 0) is 4.79 Å². The molecule has 1 aromatic carbocycles. The first-order valence-electron chi connectivity index (χ1n) is 5.55. The molecule has 1 aromatic rings. The van der Waals surface area contributed by atoms with Crippen molar-refractivity contribution >= 4 is 27.5 Å². The molecule has 0 heterocycles. The summed E-state index contributed by atoms with van der Waals surface area (Å²) in [5.41, 5.74) is 0.0861. The number of anilines is 1. The van der Waals surface area contributed by atoms with E-state index in [1.54, 1.807) is 0 Å². The first kappa shape index (κ1) is 14.9. The number of halogens is 3. The summed E-state index contributed by atoms with van der Waals surface area (Å²) in [6, 6.07) is 2.03. The lowest BCUT2D eigenvalue weighted by atomic mass is 10.2. The van der Waals surface area contributed by atoms with E-state index < -0.39 is 11.6 Å². The average molecular weight is 321 g/mol. The van der Waals surface area contributed by atoms with Gasteiger partial charge in [0.2, 0.25) is 5.91 Å². The van der Waals surface area contributed by atoms with Crippen molar-refractivity contribution in [2.75, 3.05) is 18.4 Å². The highest BCUT2D eigenvalue weighted by atomic mass is 79.9. The van der Waals surface area contributed by atoms with Gasteiger partial charge in [-0.3, -0.25) is 4.79 Å². The van der Waals surface area contributed by atoms with Gasteiger partial charge in [0.25, 0.3) is 0 Å². The van der Waals surface area contributed by atoms with Crippen LogP contribution in [0.2, 0.25) is 0 Å². The summed E-state index contributed by atoms with van der Waals surface area (Å²) in [5, 5.41) is 5.31. The normalized spacial score (nSPS) is 10.6. The number of hydrogen-bond donors (Lipinski definition) is 2. The molecule has 0 aliphatic carbocycles. The zero-order chi connectivity index (χ0) is 13.7. The molecule has 2 N–H and O–H groups in total. The van der Waals surface area contributed by atoms with Gasteiger partial charge in [0.05, 0.1) is 16.7 Å². The fourth-order valence-electron chi connectivity index (χ4n) is 1.21. The maximum absolute atomic E-state index is 13.3. The van der Waals surface area contributed by atoms with E-state index in [4.69, 9.17) is 0 Å². The van der Waals surface area contributed by atoms with Gasteiger partial charge in [-0.15, -0.1) is 0 Å². The molecule has 1 rings (SSSR count). The van der Waals surface area contributed by atoms with Gasteiger partial charge < -0.3 is 10.6 Å². The minimum absolute atomic E-state index is 0.0539. The molecule has 18 heavy (non-hydrogen) atoms. The van der Waals surface area contributed by atoms with Crippen LogP contribution in [0.25, 0.3) is 0 Å². The van der Waals surface area contributed by atoms with E-state index in [0.717, 1.165) is 6.07 Å². The van der Waals surface area contributed by atoms with Gasteiger partial charge in [-0.2, -0.15) is 0 Å². The van der Waals surface area contributed by atoms with Crippen LogP contribution < -0.4 is 10.6 Å². The van der Waals surface area contributed by atoms with Crippen LogP contribution in [0.1, 0.15) is 13.8 Å². The summed E-state index contributed by atoms with van der Waals surface area (Å²) in [5.74, 6) is -1.29. The predicted molar refractivity (Wildman–Crippen MR) is 70.4 cm³/mol. The average Bonchev–Trinajstić information content (AvgIpc) is 2.29. The molecule has 0 aliphatic heterocycles. The van der Waals surface area contributed by atoms with Gasteiger partial charge in [-0.25, -0.2) is 8.78 Å². The summed E-state index contributed by atoms with van der Waals surface area (Å²) in [6.07, 6.45) is 0. The van der Waals surface area contributed by atoms with Crippen molar-refractivity contribution in [3.63, 3.8) is 0 Å². The molecule has 0 aromatic heterocycles. The Morgan fingerprint density at radius 1 is 1.33 bits per heavy atom. The molecule has 0 aliphatic rings. The van der Waals surface area contributed by atoms with Crippen LogP contribution in [0.3, 0.4) is 0 Å². The topological polar surface area (TPSA) is 41.1 Å². The Hall–Kier alpha value is -1.17. The van der Waals surface area contributed by atoms with E-state index >= 15 is 0 Å². The second-order valence-electron chi connectivity index (χ2n) is 4.30. The van der Waals surface area contributed by atoms with Crippen LogP contribution in [0.15, 0.2) is 16.6 Å². The van der Waals surface area contributed by atoms with Crippen molar-refractivity contribution in [2.24, 2.45) is 5.92 Å². The molecule has 100 valence electrons. The molecule has 0 unspecified atom stereocenters. The van der Waals surface area contributed by atoms with Crippen molar-refractivity contribution in [1.29, 1.82) is 0 Å². The summed E-state index contributed by atoms with van der Waals surface area (Å²) in [7, 11) is 0. The zero-order valence-corrected chi connectivity index (χ0v) is 11.8. The van der Waals surface area contributed by atoms with Gasteiger partial charge in [0.1, 0.15) is 11.6 Å². The fourth-order valence-corrected chi connectivity index (χ4v) is 1.56. The maximum Gasteiger partial charge on any atom is 0.239 e. The third-order valence-electron chi connectivity index (χ3n) is 2.16. The Bertz CT molecular complexity index is 438. The Labute approximate surface area is 113 Å². The second-order valence-corrected chi connectivity index (χ2v) is 5.15. The van der Waals surface area contributed by atoms with Crippen LogP contribution >= 0.6 is 15.9 Å². The third-order valence-corrected chi connectivity index (χ3v) is 2.76. The van der Waals surface area contributed by atoms with Crippen LogP contribution in [0.5, 0.6) is 0 Å². The van der Waals surface area contributed by atoms with Crippen LogP contribution in [-0.4, -0.2) is 19.0 Å². The number of nitrogens with one attached hydrogen (secondary N) is 2. The number of amides is 1. The molecule has 0 atom stereocenters. The molecule has 1 amide bonds. The molecule has 0 spiro atoms. The van der Waals surface area contributed by atoms with E-state index in [1.807, 2.05) is 13.8 Å². The van der Waals surface area contributed by atoms with Crippen molar-refractivity contribution in [1.82, 2.24) is 5.32 Å². The van der Waals surface area contributed by atoms with Gasteiger partial charge >= 0.3 is 0 Å². The molecule has 0 bridgehead atoms. The van der Waals surface area contributed by atoms with Gasteiger partial charge in [-0.05, 0) is 27.9 Å². The Kier molecular flexibility index (Phi) is 5.53.